The first kappa shape index (κ1) is 13.5. The molecule has 0 aromatic carbocycles. The van der Waals surface area contributed by atoms with Gasteiger partial charge in [0.15, 0.2) is 0 Å². The highest BCUT2D eigenvalue weighted by Gasteiger charge is 2.35. The Balaban J connectivity index is 2.40. The third kappa shape index (κ3) is 2.41. The van der Waals surface area contributed by atoms with Crippen LogP contribution in [0.5, 0.6) is 0 Å². The van der Waals surface area contributed by atoms with E-state index in [0.717, 1.165) is 25.8 Å². The molecule has 0 bridgehead atoms. The van der Waals surface area contributed by atoms with Crippen molar-refractivity contribution < 1.29 is 8.78 Å². The number of halogens is 2. The summed E-state index contributed by atoms with van der Waals surface area (Å²) in [6.07, 6.45) is 1.53. The van der Waals surface area contributed by atoms with Gasteiger partial charge in [-0.3, -0.25) is 0 Å². The molecule has 102 valence electrons. The van der Waals surface area contributed by atoms with E-state index in [-0.39, 0.29) is 17.2 Å². The highest BCUT2D eigenvalue weighted by Crippen LogP contribution is 2.33. The number of alkyl halides is 2. The van der Waals surface area contributed by atoms with Crippen molar-refractivity contribution >= 4 is 0 Å². The van der Waals surface area contributed by atoms with Crippen LogP contribution in [0.4, 0.5) is 8.78 Å². The van der Waals surface area contributed by atoms with Crippen LogP contribution in [0.1, 0.15) is 45.3 Å². The maximum absolute atomic E-state index is 13.4. The summed E-state index contributed by atoms with van der Waals surface area (Å²) in [6, 6.07) is 0.271. The minimum absolute atomic E-state index is 0.123. The van der Waals surface area contributed by atoms with E-state index in [0.29, 0.717) is 0 Å². The fourth-order valence-corrected chi connectivity index (χ4v) is 2.28. The lowest BCUT2D eigenvalue weighted by molar-refractivity contribution is 0.0128. The van der Waals surface area contributed by atoms with Crippen molar-refractivity contribution in [3.05, 3.63) is 17.7 Å². The van der Waals surface area contributed by atoms with E-state index in [1.807, 2.05) is 32.4 Å². The Labute approximate surface area is 107 Å². The van der Waals surface area contributed by atoms with E-state index in [1.165, 1.54) is 6.20 Å². The molecule has 18 heavy (non-hydrogen) atoms. The van der Waals surface area contributed by atoms with Gasteiger partial charge in [-0.2, -0.15) is 8.78 Å². The largest absolute Gasteiger partial charge is 0.328 e. The Bertz CT molecular complexity index is 434. The fraction of sp³-hybridized carbons (Fsp3) is 0.769. The number of likely N-dealkylation sites (tertiary alicyclic amines) is 1. The Morgan fingerprint density at radius 3 is 2.17 bits per heavy atom. The molecule has 1 fully saturated rings. The molecule has 0 unspecified atom stereocenters. The first-order valence-corrected chi connectivity index (χ1v) is 6.25. The molecule has 1 saturated heterocycles. The summed E-state index contributed by atoms with van der Waals surface area (Å²) in [5, 5.41) is 0. The normalized spacial score (nSPS) is 19.1. The molecule has 2 rings (SSSR count). The van der Waals surface area contributed by atoms with Crippen molar-refractivity contribution in [1.82, 2.24) is 14.5 Å². The van der Waals surface area contributed by atoms with E-state index in [4.69, 9.17) is 0 Å². The lowest BCUT2D eigenvalue weighted by Crippen LogP contribution is -2.45. The van der Waals surface area contributed by atoms with Crippen LogP contribution in [0.2, 0.25) is 0 Å². The second-order valence-corrected chi connectivity index (χ2v) is 6.37. The summed E-state index contributed by atoms with van der Waals surface area (Å²) < 4.78 is 28.8. The van der Waals surface area contributed by atoms with Crippen LogP contribution in [-0.4, -0.2) is 34.6 Å². The third-order valence-corrected chi connectivity index (χ3v) is 3.29. The maximum atomic E-state index is 13.4. The quantitative estimate of drug-likeness (QED) is 0.812. The van der Waals surface area contributed by atoms with Crippen LogP contribution < -0.4 is 0 Å². The number of imidazole rings is 1. The van der Waals surface area contributed by atoms with Gasteiger partial charge >= 0.3 is 0 Å². The molecule has 0 spiro atoms. The first-order chi connectivity index (χ1) is 8.09. The number of nitrogens with zero attached hydrogens (tertiary/aromatic N) is 3. The van der Waals surface area contributed by atoms with E-state index >= 15 is 0 Å². The molecule has 0 N–H and O–H groups in total. The predicted octanol–water partition coefficient (Wildman–Crippen LogP) is 2.78. The van der Waals surface area contributed by atoms with Crippen LogP contribution in [-0.2, 0) is 11.3 Å². The SMILES string of the molecule is CN1CC(n2cc(C(C)(F)F)nc2C(C)(C)C)C1. The smallest absolute Gasteiger partial charge is 0.288 e. The summed E-state index contributed by atoms with van der Waals surface area (Å²) in [6.45, 7) is 8.71. The van der Waals surface area contributed by atoms with Gasteiger partial charge in [-0.15, -0.1) is 0 Å². The van der Waals surface area contributed by atoms with E-state index in [2.05, 4.69) is 9.88 Å². The molecule has 0 saturated carbocycles. The Morgan fingerprint density at radius 2 is 1.78 bits per heavy atom. The molecule has 5 heteroatoms. The fourth-order valence-electron chi connectivity index (χ4n) is 2.28. The van der Waals surface area contributed by atoms with E-state index in [1.54, 1.807) is 0 Å². The molecule has 2 heterocycles. The Kier molecular flexibility index (Phi) is 3.00. The number of hydrogen-bond acceptors (Lipinski definition) is 2. The van der Waals surface area contributed by atoms with E-state index in [9.17, 15) is 8.78 Å². The zero-order valence-electron chi connectivity index (χ0n) is 11.7. The van der Waals surface area contributed by atoms with Gasteiger partial charge in [-0.25, -0.2) is 4.98 Å². The van der Waals surface area contributed by atoms with Gasteiger partial charge in [0.05, 0.1) is 6.04 Å². The van der Waals surface area contributed by atoms with Crippen LogP contribution in [0.3, 0.4) is 0 Å². The molecule has 0 radical (unpaired) electrons. The molecular weight excluding hydrogens is 236 g/mol. The van der Waals surface area contributed by atoms with E-state index < -0.39 is 5.92 Å². The number of aromatic nitrogens is 2. The van der Waals surface area contributed by atoms with Crippen molar-refractivity contribution in [2.45, 2.75) is 45.1 Å². The van der Waals surface area contributed by atoms with Gasteiger partial charge < -0.3 is 9.47 Å². The monoisotopic (exact) mass is 257 g/mol. The number of likely N-dealkylation sites (N-methyl/N-ethyl adjacent to an activating group) is 1. The zero-order chi connectivity index (χ0) is 13.7. The average Bonchev–Trinajstić information content (AvgIpc) is 2.55. The topological polar surface area (TPSA) is 21.1 Å². The third-order valence-electron chi connectivity index (χ3n) is 3.29. The van der Waals surface area contributed by atoms with Crippen molar-refractivity contribution in [2.24, 2.45) is 0 Å². The Hall–Kier alpha value is -0.970. The zero-order valence-corrected chi connectivity index (χ0v) is 11.7. The van der Waals surface area contributed by atoms with Crippen molar-refractivity contribution in [1.29, 1.82) is 0 Å². The minimum Gasteiger partial charge on any atom is -0.328 e. The summed E-state index contributed by atoms with van der Waals surface area (Å²) >= 11 is 0. The molecule has 1 aromatic heterocycles. The molecule has 3 nitrogen and oxygen atoms in total. The summed E-state index contributed by atoms with van der Waals surface area (Å²) in [5.41, 5.74) is -0.348. The summed E-state index contributed by atoms with van der Waals surface area (Å²) in [7, 11) is 2.03. The van der Waals surface area contributed by atoms with Crippen LogP contribution in [0.25, 0.3) is 0 Å². The standard InChI is InChI=1S/C13H21F2N3/c1-12(2,3)11-16-10(13(4,14)15)8-18(11)9-6-17(5)7-9/h8-9H,6-7H2,1-5H3. The van der Waals surface area contributed by atoms with Crippen molar-refractivity contribution in [3.63, 3.8) is 0 Å². The maximum Gasteiger partial charge on any atom is 0.288 e. The lowest BCUT2D eigenvalue weighted by Gasteiger charge is -2.39. The van der Waals surface area contributed by atoms with Crippen molar-refractivity contribution in [3.8, 4) is 0 Å². The van der Waals surface area contributed by atoms with Gasteiger partial charge in [0.2, 0.25) is 0 Å². The molecule has 1 aliphatic heterocycles. The minimum atomic E-state index is -2.87. The number of hydrogen-bond donors (Lipinski definition) is 0. The molecule has 0 atom stereocenters. The first-order valence-electron chi connectivity index (χ1n) is 6.25. The molecular formula is C13H21F2N3. The van der Waals surface area contributed by atoms with Crippen molar-refractivity contribution in [2.75, 3.05) is 20.1 Å². The predicted molar refractivity (Wildman–Crippen MR) is 67.0 cm³/mol. The van der Waals surface area contributed by atoms with Gasteiger partial charge in [0, 0.05) is 31.6 Å². The van der Waals surface area contributed by atoms with Crippen LogP contribution in [0, 0.1) is 0 Å². The molecule has 0 amide bonds. The molecule has 1 aromatic rings. The summed E-state index contributed by atoms with van der Waals surface area (Å²) in [4.78, 5) is 6.34. The highest BCUT2D eigenvalue weighted by molar-refractivity contribution is 5.17. The summed E-state index contributed by atoms with van der Waals surface area (Å²) in [5.74, 6) is -2.13. The van der Waals surface area contributed by atoms with Gasteiger partial charge in [0.1, 0.15) is 11.5 Å². The highest BCUT2D eigenvalue weighted by atomic mass is 19.3. The lowest BCUT2D eigenvalue weighted by atomic mass is 9.94. The average molecular weight is 257 g/mol. The van der Waals surface area contributed by atoms with Gasteiger partial charge in [-0.05, 0) is 7.05 Å². The Morgan fingerprint density at radius 1 is 1.22 bits per heavy atom. The number of rotatable bonds is 2. The molecule has 1 aliphatic rings. The molecule has 0 aliphatic carbocycles. The second kappa shape index (κ2) is 4.02. The van der Waals surface area contributed by atoms with Crippen LogP contribution >= 0.6 is 0 Å². The van der Waals surface area contributed by atoms with Crippen LogP contribution in [0.15, 0.2) is 6.20 Å². The van der Waals surface area contributed by atoms with Gasteiger partial charge in [-0.1, -0.05) is 20.8 Å². The second-order valence-electron chi connectivity index (χ2n) is 6.37. The van der Waals surface area contributed by atoms with Gasteiger partial charge in [0.25, 0.3) is 5.92 Å².